The molecule has 0 spiro atoms. The average Bonchev–Trinajstić information content (AvgIpc) is 3.20. The van der Waals surface area contributed by atoms with Gasteiger partial charge in [0.2, 0.25) is 0 Å². The van der Waals surface area contributed by atoms with E-state index in [1.54, 1.807) is 14.2 Å². The highest BCUT2D eigenvalue weighted by atomic mass is 16.5. The van der Waals surface area contributed by atoms with Gasteiger partial charge in [0.15, 0.2) is 23.0 Å². The minimum Gasteiger partial charge on any atom is -0.400 e. The van der Waals surface area contributed by atoms with Crippen molar-refractivity contribution >= 4 is 23.5 Å². The van der Waals surface area contributed by atoms with Crippen LogP contribution in [0.3, 0.4) is 0 Å². The SMILES string of the molecule is CO.CO.COC(C)(C)CCOC(C)(C)CCNc1nc(C(=O)NCC(C)(C)OCCC(C)C)c(NCCC(C)(C)OCCC(C)C)nc1C(=O)NCC(C)(C)OCCC(C)(C)OC. The first-order valence-corrected chi connectivity index (χ1v) is 23.1. The van der Waals surface area contributed by atoms with Crippen molar-refractivity contribution in [2.75, 3.05) is 91.7 Å². The number of amides is 2. The molecule has 1 aromatic rings. The highest BCUT2D eigenvalue weighted by Crippen LogP contribution is 2.24. The maximum Gasteiger partial charge on any atom is 0.273 e. The number of rotatable bonds is 32. The van der Waals surface area contributed by atoms with Gasteiger partial charge >= 0.3 is 0 Å². The molecule has 0 saturated carbocycles. The van der Waals surface area contributed by atoms with E-state index in [9.17, 15) is 9.59 Å². The molecule has 0 aliphatic heterocycles. The van der Waals surface area contributed by atoms with Crippen LogP contribution in [-0.2, 0) is 28.4 Å². The summed E-state index contributed by atoms with van der Waals surface area (Å²) in [6.45, 7) is 36.1. The van der Waals surface area contributed by atoms with Crippen LogP contribution in [0.25, 0.3) is 0 Å². The number of aromatic nitrogens is 2. The summed E-state index contributed by atoms with van der Waals surface area (Å²) < 4.78 is 35.9. The van der Waals surface area contributed by atoms with E-state index in [-0.39, 0.29) is 47.3 Å². The lowest BCUT2D eigenvalue weighted by Gasteiger charge is -2.29. The van der Waals surface area contributed by atoms with Crippen LogP contribution in [0.15, 0.2) is 0 Å². The quantitative estimate of drug-likeness (QED) is 0.0411. The summed E-state index contributed by atoms with van der Waals surface area (Å²) in [5.74, 6) is 0.517. The van der Waals surface area contributed by atoms with Crippen molar-refractivity contribution in [2.45, 2.75) is 183 Å². The van der Waals surface area contributed by atoms with Crippen molar-refractivity contribution in [2.24, 2.45) is 11.8 Å². The minimum absolute atomic E-state index is 0.0516. The number of hydrogen-bond donors (Lipinski definition) is 6. The Morgan fingerprint density at radius 1 is 0.484 bits per heavy atom. The lowest BCUT2D eigenvalue weighted by molar-refractivity contribution is -0.0597. The van der Waals surface area contributed by atoms with Crippen LogP contribution < -0.4 is 21.3 Å². The second-order valence-electron chi connectivity index (χ2n) is 20.6. The lowest BCUT2D eigenvalue weighted by Crippen LogP contribution is -2.42. The number of aliphatic hydroxyl groups is 2. The van der Waals surface area contributed by atoms with Crippen LogP contribution in [0, 0.1) is 11.8 Å². The van der Waals surface area contributed by atoms with E-state index in [0.717, 1.165) is 33.5 Å². The second-order valence-corrected chi connectivity index (χ2v) is 20.6. The average molecular weight is 917 g/mol. The Balaban J connectivity index is 0. The summed E-state index contributed by atoms with van der Waals surface area (Å²) >= 11 is 0. The van der Waals surface area contributed by atoms with Crippen molar-refractivity contribution in [3.63, 3.8) is 0 Å². The van der Waals surface area contributed by atoms with E-state index in [4.69, 9.17) is 48.6 Å². The Kier molecular flexibility index (Phi) is 30.3. The van der Waals surface area contributed by atoms with Crippen LogP contribution in [-0.4, -0.2) is 147 Å². The van der Waals surface area contributed by atoms with Gasteiger partial charge in [-0.2, -0.15) is 0 Å². The summed E-state index contributed by atoms with van der Waals surface area (Å²) in [6, 6.07) is 0. The molecule has 0 radical (unpaired) electrons. The molecule has 1 heterocycles. The molecule has 0 bridgehead atoms. The number of anilines is 2. The van der Waals surface area contributed by atoms with Gasteiger partial charge < -0.3 is 59.9 Å². The van der Waals surface area contributed by atoms with Crippen molar-refractivity contribution in [3.8, 4) is 0 Å². The van der Waals surface area contributed by atoms with Crippen molar-refractivity contribution in [1.29, 1.82) is 0 Å². The molecule has 16 heteroatoms. The molecule has 1 aromatic heterocycles. The normalized spacial score (nSPS) is 12.6. The van der Waals surface area contributed by atoms with Gasteiger partial charge in [-0.15, -0.1) is 0 Å². The third-order valence-corrected chi connectivity index (χ3v) is 10.6. The third-order valence-electron chi connectivity index (χ3n) is 10.6. The van der Waals surface area contributed by atoms with Gasteiger partial charge in [0.05, 0.1) is 46.8 Å². The summed E-state index contributed by atoms with van der Waals surface area (Å²) in [7, 11) is 5.38. The third kappa shape index (κ3) is 29.0. The zero-order chi connectivity index (χ0) is 50.0. The van der Waals surface area contributed by atoms with Gasteiger partial charge in [0, 0.05) is 67.8 Å². The van der Waals surface area contributed by atoms with Gasteiger partial charge in [-0.25, -0.2) is 9.97 Å². The Hall–Kier alpha value is -2.70. The molecule has 6 N–H and O–H groups in total. The molecule has 0 atom stereocenters. The van der Waals surface area contributed by atoms with E-state index < -0.39 is 34.2 Å². The molecule has 0 aromatic carbocycles. The smallest absolute Gasteiger partial charge is 0.273 e. The molecule has 64 heavy (non-hydrogen) atoms. The molecular weight excluding hydrogens is 821 g/mol. The first-order valence-electron chi connectivity index (χ1n) is 23.1. The maximum absolute atomic E-state index is 14.1. The van der Waals surface area contributed by atoms with Gasteiger partial charge in [0.25, 0.3) is 11.8 Å². The Bertz CT molecular complexity index is 1430. The van der Waals surface area contributed by atoms with Crippen LogP contribution >= 0.6 is 0 Å². The minimum atomic E-state index is -0.689. The van der Waals surface area contributed by atoms with Gasteiger partial charge in [-0.1, -0.05) is 27.7 Å². The van der Waals surface area contributed by atoms with E-state index in [1.807, 2.05) is 83.1 Å². The van der Waals surface area contributed by atoms with Crippen LogP contribution in [0.4, 0.5) is 11.6 Å². The van der Waals surface area contributed by atoms with Gasteiger partial charge in [0.1, 0.15) is 0 Å². The van der Waals surface area contributed by atoms with Crippen LogP contribution in [0.1, 0.15) is 170 Å². The highest BCUT2D eigenvalue weighted by molar-refractivity contribution is 6.01. The maximum atomic E-state index is 14.1. The van der Waals surface area contributed by atoms with Gasteiger partial charge in [-0.05, 0) is 133 Å². The number of hydrogen-bond acceptors (Lipinski definition) is 14. The fraction of sp³-hybridized carbons (Fsp3) is 0.875. The molecule has 0 saturated heterocycles. The predicted molar refractivity (Wildman–Crippen MR) is 260 cm³/mol. The molecule has 2 amide bonds. The Labute approximate surface area is 389 Å². The topological polar surface area (TPSA) is 204 Å². The first kappa shape index (κ1) is 63.4. The zero-order valence-corrected chi connectivity index (χ0v) is 44.1. The molecule has 0 aliphatic rings. The second kappa shape index (κ2) is 30.6. The zero-order valence-electron chi connectivity index (χ0n) is 44.1. The Morgan fingerprint density at radius 2 is 0.781 bits per heavy atom. The monoisotopic (exact) mass is 917 g/mol. The summed E-state index contributed by atoms with van der Waals surface area (Å²) in [5.41, 5.74) is -2.77. The van der Waals surface area contributed by atoms with Crippen molar-refractivity contribution < 1.29 is 48.2 Å². The van der Waals surface area contributed by atoms with Gasteiger partial charge in [-0.3, -0.25) is 9.59 Å². The standard InChI is InChI=1S/C46H88N6O8.2CH4O/c1-33(2)19-27-57-43(9,10)21-25-47-37-35(39(53)49-31-45(13,14)58-28-20-34(3)4)51-38(48-26-22-44(11,12)59-29-23-41(5,6)55-17)36(52-37)40(54)50-32-46(15,16)60-30-24-42(7,8)56-18;2*1-2/h33-34H,19-32H2,1-18H3,(H,47,52)(H,48,51)(H,49,53)(H,50,54);2*2H,1H3. The fourth-order valence-electron chi connectivity index (χ4n) is 5.45. The van der Waals surface area contributed by atoms with E-state index in [0.29, 0.717) is 70.6 Å². The van der Waals surface area contributed by atoms with Crippen molar-refractivity contribution in [1.82, 2.24) is 20.6 Å². The molecule has 16 nitrogen and oxygen atoms in total. The number of nitrogens with one attached hydrogen (secondary N) is 4. The molecular formula is C48H96N6O10. The summed E-state index contributed by atoms with van der Waals surface area (Å²) in [5, 5.41) is 26.7. The number of ether oxygens (including phenoxy) is 6. The van der Waals surface area contributed by atoms with E-state index in [1.165, 1.54) is 0 Å². The van der Waals surface area contributed by atoms with Crippen LogP contribution in [0.2, 0.25) is 0 Å². The molecule has 0 unspecified atom stereocenters. The number of carbonyl (C=O) groups excluding carboxylic acids is 2. The number of methoxy groups -OCH3 is 2. The fourth-order valence-corrected chi connectivity index (χ4v) is 5.45. The van der Waals surface area contributed by atoms with E-state index >= 15 is 0 Å². The first-order chi connectivity index (χ1) is 29.5. The predicted octanol–water partition coefficient (Wildman–Crippen LogP) is 7.66. The highest BCUT2D eigenvalue weighted by Gasteiger charge is 2.29. The van der Waals surface area contributed by atoms with Crippen LogP contribution in [0.5, 0.6) is 0 Å². The van der Waals surface area contributed by atoms with E-state index in [2.05, 4.69) is 49.0 Å². The number of carbonyl (C=O) groups is 2. The molecule has 0 aliphatic carbocycles. The lowest BCUT2D eigenvalue weighted by atomic mass is 10.0. The molecule has 378 valence electrons. The number of aliphatic hydroxyl groups excluding tert-OH is 2. The molecule has 1 rings (SSSR count). The summed E-state index contributed by atoms with van der Waals surface area (Å²) in [4.78, 5) is 37.9. The Morgan fingerprint density at radius 3 is 1.09 bits per heavy atom. The number of nitrogens with zero attached hydrogens (tertiary/aromatic N) is 2. The summed E-state index contributed by atoms with van der Waals surface area (Å²) in [6.07, 6.45) is 4.48. The van der Waals surface area contributed by atoms with Crippen molar-refractivity contribution in [3.05, 3.63) is 11.4 Å². The molecule has 0 fully saturated rings. The largest absolute Gasteiger partial charge is 0.400 e.